The molecule has 102 valence electrons. The second-order valence-electron chi connectivity index (χ2n) is 4.88. The maximum Gasteiger partial charge on any atom is 0.183 e. The van der Waals surface area contributed by atoms with E-state index in [4.69, 9.17) is 0 Å². The summed E-state index contributed by atoms with van der Waals surface area (Å²) in [5.74, 6) is 0. The van der Waals surface area contributed by atoms with Crippen molar-refractivity contribution in [2.45, 2.75) is 6.92 Å². The molecule has 0 amide bonds. The lowest BCUT2D eigenvalue weighted by molar-refractivity contribution is 0.969. The Morgan fingerprint density at radius 3 is 3.10 bits per heavy atom. The first kappa shape index (κ1) is 12.9. The molecule has 0 fully saturated rings. The number of thiazole rings is 1. The molecule has 1 aromatic carbocycles. The number of hydrogen-bond donors (Lipinski definition) is 1. The number of rotatable bonds is 4. The summed E-state index contributed by atoms with van der Waals surface area (Å²) in [6, 6.07) is 6.54. The minimum absolute atomic E-state index is 0.738. The number of fused-ring (bicyclic) bond motifs is 1. The number of nitrogens with zero attached hydrogens (tertiary/aromatic N) is 2. The molecule has 0 aliphatic rings. The third kappa shape index (κ3) is 2.23. The summed E-state index contributed by atoms with van der Waals surface area (Å²) in [6.45, 7) is 6.56. The summed E-state index contributed by atoms with van der Waals surface area (Å²) < 4.78 is 2.16. The third-order valence-electron chi connectivity index (χ3n) is 3.32. The fraction of sp³-hybridized carbons (Fsp3) is 0.188. The summed E-state index contributed by atoms with van der Waals surface area (Å²) in [7, 11) is 2.08. The Morgan fingerprint density at radius 2 is 2.30 bits per heavy atom. The van der Waals surface area contributed by atoms with Gasteiger partial charge >= 0.3 is 0 Å². The van der Waals surface area contributed by atoms with E-state index in [-0.39, 0.29) is 0 Å². The average molecular weight is 283 g/mol. The molecule has 0 spiro atoms. The Hall–Kier alpha value is -2.07. The second-order valence-corrected chi connectivity index (χ2v) is 5.74. The quantitative estimate of drug-likeness (QED) is 0.727. The van der Waals surface area contributed by atoms with Gasteiger partial charge in [-0.25, -0.2) is 4.98 Å². The van der Waals surface area contributed by atoms with Gasteiger partial charge in [0.1, 0.15) is 0 Å². The standard InChI is InChI=1S/C16H17N3S/c1-4-7-17-16-18-14(10-20-16)13-9-19(3)15-8-11(2)5-6-12(13)15/h4-6,8-10H,1,7H2,2-3H3,(H,17,18). The van der Waals surface area contributed by atoms with E-state index in [1.807, 2.05) is 6.08 Å². The summed E-state index contributed by atoms with van der Waals surface area (Å²) in [6.07, 6.45) is 3.98. The van der Waals surface area contributed by atoms with Crippen molar-refractivity contribution in [2.24, 2.45) is 7.05 Å². The van der Waals surface area contributed by atoms with Crippen LogP contribution >= 0.6 is 11.3 Å². The van der Waals surface area contributed by atoms with Crippen molar-refractivity contribution in [3.8, 4) is 11.3 Å². The van der Waals surface area contributed by atoms with E-state index in [2.05, 4.69) is 65.2 Å². The molecular weight excluding hydrogens is 266 g/mol. The highest BCUT2D eigenvalue weighted by molar-refractivity contribution is 7.14. The summed E-state index contributed by atoms with van der Waals surface area (Å²) >= 11 is 1.63. The fourth-order valence-electron chi connectivity index (χ4n) is 2.34. The van der Waals surface area contributed by atoms with Crippen LogP contribution in [-0.2, 0) is 7.05 Å². The predicted molar refractivity (Wildman–Crippen MR) is 87.5 cm³/mol. The molecule has 20 heavy (non-hydrogen) atoms. The summed E-state index contributed by atoms with van der Waals surface area (Å²) in [5, 5.41) is 7.51. The lowest BCUT2D eigenvalue weighted by Crippen LogP contribution is -1.96. The van der Waals surface area contributed by atoms with Crippen LogP contribution in [0.15, 0.2) is 42.4 Å². The highest BCUT2D eigenvalue weighted by Crippen LogP contribution is 2.32. The molecule has 4 heteroatoms. The maximum atomic E-state index is 4.65. The highest BCUT2D eigenvalue weighted by Gasteiger charge is 2.11. The van der Waals surface area contributed by atoms with E-state index >= 15 is 0 Å². The van der Waals surface area contributed by atoms with Crippen molar-refractivity contribution < 1.29 is 0 Å². The van der Waals surface area contributed by atoms with Crippen molar-refractivity contribution in [1.82, 2.24) is 9.55 Å². The second kappa shape index (κ2) is 5.13. The van der Waals surface area contributed by atoms with Gasteiger partial charge in [-0.2, -0.15) is 0 Å². The number of hydrogen-bond acceptors (Lipinski definition) is 3. The molecule has 0 unspecified atom stereocenters. The largest absolute Gasteiger partial charge is 0.358 e. The van der Waals surface area contributed by atoms with Crippen LogP contribution < -0.4 is 5.32 Å². The molecule has 3 rings (SSSR count). The van der Waals surface area contributed by atoms with E-state index in [1.54, 1.807) is 11.3 Å². The molecule has 3 nitrogen and oxygen atoms in total. The molecule has 2 heterocycles. The van der Waals surface area contributed by atoms with Gasteiger partial charge in [0.25, 0.3) is 0 Å². The Kier molecular flexibility index (Phi) is 3.32. The molecule has 0 bridgehead atoms. The molecule has 1 N–H and O–H groups in total. The number of aromatic nitrogens is 2. The van der Waals surface area contributed by atoms with Crippen LogP contribution in [0, 0.1) is 6.92 Å². The first-order valence-corrected chi connectivity index (χ1v) is 7.43. The van der Waals surface area contributed by atoms with Crippen LogP contribution in [0.4, 0.5) is 5.13 Å². The predicted octanol–water partition coefficient (Wildman–Crippen LogP) is 4.21. The van der Waals surface area contributed by atoms with E-state index in [0.717, 1.165) is 17.4 Å². The topological polar surface area (TPSA) is 29.9 Å². The number of aryl methyl sites for hydroxylation is 2. The van der Waals surface area contributed by atoms with Gasteiger partial charge in [0.05, 0.1) is 5.69 Å². The molecule has 0 saturated carbocycles. The van der Waals surface area contributed by atoms with Gasteiger partial charge < -0.3 is 9.88 Å². The minimum atomic E-state index is 0.738. The van der Waals surface area contributed by atoms with E-state index < -0.39 is 0 Å². The number of nitrogens with one attached hydrogen (secondary N) is 1. The van der Waals surface area contributed by atoms with Crippen LogP contribution in [0.1, 0.15) is 5.56 Å². The first-order valence-electron chi connectivity index (χ1n) is 6.55. The van der Waals surface area contributed by atoms with Gasteiger partial charge in [0.2, 0.25) is 0 Å². The molecule has 0 aliphatic carbocycles. The third-order valence-corrected chi connectivity index (χ3v) is 4.12. The van der Waals surface area contributed by atoms with Crippen LogP contribution in [-0.4, -0.2) is 16.1 Å². The molecule has 0 saturated heterocycles. The molecule has 0 aliphatic heterocycles. The highest BCUT2D eigenvalue weighted by atomic mass is 32.1. The van der Waals surface area contributed by atoms with Crippen molar-refractivity contribution in [3.63, 3.8) is 0 Å². The SMILES string of the molecule is C=CCNc1nc(-c2cn(C)c3cc(C)ccc23)cs1. The van der Waals surface area contributed by atoms with Crippen LogP contribution in [0.3, 0.4) is 0 Å². The van der Waals surface area contributed by atoms with Crippen molar-refractivity contribution in [3.05, 3.63) is 48.0 Å². The van der Waals surface area contributed by atoms with Crippen molar-refractivity contribution in [1.29, 1.82) is 0 Å². The van der Waals surface area contributed by atoms with Gasteiger partial charge in [0, 0.05) is 41.6 Å². The summed E-state index contributed by atoms with van der Waals surface area (Å²) in [4.78, 5) is 4.65. The lowest BCUT2D eigenvalue weighted by atomic mass is 10.1. The minimum Gasteiger partial charge on any atom is -0.358 e. The van der Waals surface area contributed by atoms with Crippen LogP contribution in [0.25, 0.3) is 22.2 Å². The van der Waals surface area contributed by atoms with Gasteiger partial charge in [-0.3, -0.25) is 0 Å². The molecule has 2 aromatic heterocycles. The Balaban J connectivity index is 2.05. The number of benzene rings is 1. The molecule has 3 aromatic rings. The van der Waals surface area contributed by atoms with Gasteiger partial charge in [-0.05, 0) is 18.6 Å². The van der Waals surface area contributed by atoms with Gasteiger partial charge in [0.15, 0.2) is 5.13 Å². The maximum absolute atomic E-state index is 4.65. The zero-order valence-electron chi connectivity index (χ0n) is 11.7. The summed E-state index contributed by atoms with van der Waals surface area (Å²) in [5.41, 5.74) is 4.73. The lowest BCUT2D eigenvalue weighted by Gasteiger charge is -1.98. The average Bonchev–Trinajstić information content (AvgIpc) is 3.02. The van der Waals surface area contributed by atoms with Crippen LogP contribution in [0.5, 0.6) is 0 Å². The Bertz CT molecular complexity index is 767. The van der Waals surface area contributed by atoms with E-state index in [9.17, 15) is 0 Å². The van der Waals surface area contributed by atoms with Crippen molar-refractivity contribution in [2.75, 3.05) is 11.9 Å². The first-order chi connectivity index (χ1) is 9.69. The molecular formula is C16H17N3S. The smallest absolute Gasteiger partial charge is 0.183 e. The van der Waals surface area contributed by atoms with Gasteiger partial charge in [-0.15, -0.1) is 17.9 Å². The number of anilines is 1. The van der Waals surface area contributed by atoms with E-state index in [0.29, 0.717) is 0 Å². The van der Waals surface area contributed by atoms with Crippen LogP contribution in [0.2, 0.25) is 0 Å². The molecule has 0 radical (unpaired) electrons. The zero-order valence-corrected chi connectivity index (χ0v) is 12.5. The normalized spacial score (nSPS) is 10.9. The van der Waals surface area contributed by atoms with Crippen molar-refractivity contribution >= 4 is 27.4 Å². The fourth-order valence-corrected chi connectivity index (χ4v) is 3.06. The van der Waals surface area contributed by atoms with Gasteiger partial charge in [-0.1, -0.05) is 18.2 Å². The monoisotopic (exact) mass is 283 g/mol. The zero-order chi connectivity index (χ0) is 14.1. The molecule has 0 atom stereocenters. The Labute approximate surface area is 122 Å². The van der Waals surface area contributed by atoms with E-state index in [1.165, 1.54) is 22.0 Å². The Morgan fingerprint density at radius 1 is 1.45 bits per heavy atom.